The van der Waals surface area contributed by atoms with Crippen molar-refractivity contribution in [3.05, 3.63) is 77.9 Å². The Labute approximate surface area is 112 Å². The van der Waals surface area contributed by atoms with Crippen molar-refractivity contribution < 1.29 is 0 Å². The van der Waals surface area contributed by atoms with Crippen LogP contribution < -0.4 is 0 Å². The lowest BCUT2D eigenvalue weighted by Gasteiger charge is -2.02. The van der Waals surface area contributed by atoms with Crippen LogP contribution in [0.3, 0.4) is 0 Å². The van der Waals surface area contributed by atoms with Crippen LogP contribution in [0.2, 0.25) is 0 Å². The first-order valence-electron chi connectivity index (χ1n) is 5.33. The summed E-state index contributed by atoms with van der Waals surface area (Å²) in [6.45, 7) is 0. The van der Waals surface area contributed by atoms with E-state index in [1.54, 1.807) is 0 Å². The Morgan fingerprint density at radius 3 is 1.82 bits per heavy atom. The molecule has 0 amide bonds. The molecule has 2 heteroatoms. The second-order valence-electron chi connectivity index (χ2n) is 3.63. The molecule has 2 aromatic rings. The maximum Gasteiger partial charge on any atom is 0.0460 e. The predicted molar refractivity (Wildman–Crippen MR) is 81.5 cm³/mol. The zero-order chi connectivity index (χ0) is 12.1. The molecule has 0 fully saturated rings. The van der Waals surface area contributed by atoms with Gasteiger partial charge in [-0.25, -0.2) is 0 Å². The Bertz CT molecular complexity index is 527. The van der Waals surface area contributed by atoms with Crippen LogP contribution in [0.15, 0.2) is 66.7 Å². The molecular formula is C15H12S2. The van der Waals surface area contributed by atoms with Crippen molar-refractivity contribution in [1.82, 2.24) is 0 Å². The van der Waals surface area contributed by atoms with E-state index in [0.717, 1.165) is 20.9 Å². The molecule has 0 unspecified atom stereocenters. The predicted octanol–water partition coefficient (Wildman–Crippen LogP) is 4.38. The second-order valence-corrected chi connectivity index (χ2v) is 4.55. The van der Waals surface area contributed by atoms with E-state index in [-0.39, 0.29) is 0 Å². The molecule has 0 N–H and O–H groups in total. The zero-order valence-corrected chi connectivity index (χ0v) is 10.9. The molecule has 2 aromatic carbocycles. The fourth-order valence-corrected chi connectivity index (χ4v) is 2.12. The van der Waals surface area contributed by atoms with E-state index >= 15 is 0 Å². The number of allylic oxidation sites excluding steroid dienone is 1. The molecule has 0 heterocycles. The van der Waals surface area contributed by atoms with Crippen LogP contribution in [0.1, 0.15) is 11.1 Å². The minimum atomic E-state index is 0.805. The van der Waals surface area contributed by atoms with Crippen molar-refractivity contribution in [3.63, 3.8) is 0 Å². The van der Waals surface area contributed by atoms with Gasteiger partial charge in [-0.2, -0.15) is 0 Å². The maximum absolute atomic E-state index is 5.37. The fraction of sp³-hybridized carbons (Fsp3) is 0. The third kappa shape index (κ3) is 3.29. The van der Waals surface area contributed by atoms with Gasteiger partial charge in [-0.15, -0.1) is 12.6 Å². The van der Waals surface area contributed by atoms with E-state index in [9.17, 15) is 0 Å². The van der Waals surface area contributed by atoms with Crippen molar-refractivity contribution in [1.29, 1.82) is 0 Å². The van der Waals surface area contributed by atoms with Gasteiger partial charge in [0.2, 0.25) is 0 Å². The normalized spacial score (nSPS) is 11.2. The number of benzene rings is 2. The highest BCUT2D eigenvalue weighted by atomic mass is 32.1. The van der Waals surface area contributed by atoms with Crippen LogP contribution >= 0.6 is 24.8 Å². The molecule has 0 aliphatic rings. The van der Waals surface area contributed by atoms with E-state index in [2.05, 4.69) is 12.6 Å². The quantitative estimate of drug-likeness (QED) is 0.368. The Kier molecular flexibility index (Phi) is 4.13. The smallest absolute Gasteiger partial charge is 0.0460 e. The summed E-state index contributed by atoms with van der Waals surface area (Å²) in [6, 6.07) is 20.0. The summed E-state index contributed by atoms with van der Waals surface area (Å²) in [4.78, 5) is 1.69. The molecule has 0 saturated heterocycles. The van der Waals surface area contributed by atoms with Gasteiger partial charge < -0.3 is 0 Å². The van der Waals surface area contributed by atoms with Crippen LogP contribution in [-0.2, 0) is 0 Å². The zero-order valence-electron chi connectivity index (χ0n) is 9.21. The van der Waals surface area contributed by atoms with E-state index in [0.29, 0.717) is 0 Å². The number of hydrogen-bond donors (Lipinski definition) is 1. The molecule has 0 radical (unpaired) electrons. The summed E-state index contributed by atoms with van der Waals surface area (Å²) >= 11 is 9.85. The molecule has 0 nitrogen and oxygen atoms in total. The Balaban J connectivity index is 2.24. The van der Waals surface area contributed by atoms with Crippen molar-refractivity contribution in [3.8, 4) is 0 Å². The second kappa shape index (κ2) is 5.80. The van der Waals surface area contributed by atoms with Gasteiger partial charge in [-0.1, -0.05) is 72.9 Å². The molecule has 2 rings (SSSR count). The first-order chi connectivity index (χ1) is 8.27. The lowest BCUT2D eigenvalue weighted by Crippen LogP contribution is -1.92. The number of thiol groups is 1. The van der Waals surface area contributed by atoms with Gasteiger partial charge in [0.15, 0.2) is 0 Å². The SMILES string of the molecule is S=C(C=C(S)c1ccccc1)c1ccccc1. The number of hydrogen-bond acceptors (Lipinski definition) is 2. The lowest BCUT2D eigenvalue weighted by atomic mass is 10.1. The summed E-state index contributed by atoms with van der Waals surface area (Å²) < 4.78 is 0. The largest absolute Gasteiger partial charge is 0.143 e. The maximum atomic E-state index is 5.37. The van der Waals surface area contributed by atoms with Crippen molar-refractivity contribution >= 4 is 34.6 Å². The first kappa shape index (κ1) is 12.1. The van der Waals surface area contributed by atoms with E-state index < -0.39 is 0 Å². The highest BCUT2D eigenvalue weighted by molar-refractivity contribution is 7.90. The van der Waals surface area contributed by atoms with Crippen LogP contribution in [-0.4, -0.2) is 4.86 Å². The fourth-order valence-electron chi connectivity index (χ4n) is 1.50. The molecule has 0 spiro atoms. The van der Waals surface area contributed by atoms with E-state index in [1.807, 2.05) is 66.7 Å². The molecule has 0 aromatic heterocycles. The number of rotatable bonds is 3. The Morgan fingerprint density at radius 1 is 0.824 bits per heavy atom. The van der Waals surface area contributed by atoms with Crippen molar-refractivity contribution in [2.45, 2.75) is 0 Å². The molecule has 0 atom stereocenters. The summed E-state index contributed by atoms with van der Waals surface area (Å²) in [5, 5.41) is 0. The van der Waals surface area contributed by atoms with Gasteiger partial charge in [-0.3, -0.25) is 0 Å². The lowest BCUT2D eigenvalue weighted by molar-refractivity contribution is 1.65. The molecule has 84 valence electrons. The first-order valence-corrected chi connectivity index (χ1v) is 6.18. The summed E-state index contributed by atoms with van der Waals surface area (Å²) in [6.07, 6.45) is 1.92. The molecule has 0 aliphatic carbocycles. The summed E-state index contributed by atoms with van der Waals surface area (Å²) in [5.74, 6) is 0. The van der Waals surface area contributed by atoms with Gasteiger partial charge in [-0.05, 0) is 17.2 Å². The third-order valence-corrected chi connectivity index (χ3v) is 3.14. The van der Waals surface area contributed by atoms with Gasteiger partial charge >= 0.3 is 0 Å². The van der Waals surface area contributed by atoms with Gasteiger partial charge in [0.1, 0.15) is 0 Å². The minimum absolute atomic E-state index is 0.805. The standard InChI is InChI=1S/C15H12S2/c16-14(12-7-3-1-4-8-12)11-15(17)13-9-5-2-6-10-13/h1-11,16H. The summed E-state index contributed by atoms with van der Waals surface area (Å²) in [7, 11) is 0. The molecule has 0 bridgehead atoms. The molecule has 0 saturated carbocycles. The van der Waals surface area contributed by atoms with Gasteiger partial charge in [0, 0.05) is 9.77 Å². The van der Waals surface area contributed by atoms with Crippen LogP contribution in [0.5, 0.6) is 0 Å². The Morgan fingerprint density at radius 2 is 1.29 bits per heavy atom. The van der Waals surface area contributed by atoms with E-state index in [4.69, 9.17) is 12.2 Å². The van der Waals surface area contributed by atoms with E-state index in [1.165, 1.54) is 0 Å². The highest BCUT2D eigenvalue weighted by Crippen LogP contribution is 2.19. The van der Waals surface area contributed by atoms with Crippen LogP contribution in [0.25, 0.3) is 4.91 Å². The van der Waals surface area contributed by atoms with Crippen molar-refractivity contribution in [2.24, 2.45) is 0 Å². The Hall–Kier alpha value is -1.38. The van der Waals surface area contributed by atoms with Gasteiger partial charge in [0.05, 0.1) is 0 Å². The molecule has 0 aliphatic heterocycles. The van der Waals surface area contributed by atoms with Crippen molar-refractivity contribution in [2.75, 3.05) is 0 Å². The van der Waals surface area contributed by atoms with Crippen LogP contribution in [0.4, 0.5) is 0 Å². The number of thiocarbonyl (C=S) groups is 1. The average molecular weight is 256 g/mol. The minimum Gasteiger partial charge on any atom is -0.143 e. The van der Waals surface area contributed by atoms with Gasteiger partial charge in [0.25, 0.3) is 0 Å². The molecular weight excluding hydrogens is 244 g/mol. The molecule has 17 heavy (non-hydrogen) atoms. The highest BCUT2D eigenvalue weighted by Gasteiger charge is 2.00. The average Bonchev–Trinajstić information content (AvgIpc) is 2.40. The monoisotopic (exact) mass is 256 g/mol. The third-order valence-electron chi connectivity index (χ3n) is 2.40. The topological polar surface area (TPSA) is 0 Å². The van der Waals surface area contributed by atoms with Crippen LogP contribution in [0, 0.1) is 0 Å². The summed E-state index contributed by atoms with van der Waals surface area (Å²) in [5.41, 5.74) is 2.12.